The van der Waals surface area contributed by atoms with E-state index in [2.05, 4.69) is 10.7 Å². The maximum absolute atomic E-state index is 10.9. The summed E-state index contributed by atoms with van der Waals surface area (Å²) in [7, 11) is 0. The second-order valence-corrected chi connectivity index (χ2v) is 5.02. The van der Waals surface area contributed by atoms with Crippen molar-refractivity contribution in [3.8, 4) is 0 Å². The summed E-state index contributed by atoms with van der Waals surface area (Å²) in [5, 5.41) is 14.8. The van der Waals surface area contributed by atoms with E-state index in [1.807, 2.05) is 19.1 Å². The lowest BCUT2D eigenvalue weighted by atomic mass is 10.1. The minimum Gasteiger partial charge on any atom is -0.378 e. The van der Waals surface area contributed by atoms with E-state index in [1.54, 1.807) is 18.2 Å². The summed E-state index contributed by atoms with van der Waals surface area (Å²) >= 11 is 5.85. The average Bonchev–Trinajstić information content (AvgIpc) is 2.47. The average molecular weight is 307 g/mol. The number of hydrogen-bond donors (Lipinski definition) is 3. The molecule has 6 nitrogen and oxygen atoms in total. The third-order valence-electron chi connectivity index (χ3n) is 3.05. The van der Waals surface area contributed by atoms with Crippen molar-refractivity contribution in [1.82, 2.24) is 0 Å². The summed E-state index contributed by atoms with van der Waals surface area (Å²) in [5.74, 6) is 5.33. The molecule has 0 saturated heterocycles. The van der Waals surface area contributed by atoms with Crippen molar-refractivity contribution in [2.24, 2.45) is 5.84 Å². The van der Waals surface area contributed by atoms with Crippen LogP contribution in [-0.4, -0.2) is 4.92 Å². The number of non-ortho nitro benzene ring substituents is 1. The fourth-order valence-electron chi connectivity index (χ4n) is 1.97. The first-order valence-electron chi connectivity index (χ1n) is 6.27. The van der Waals surface area contributed by atoms with Crippen LogP contribution in [0.5, 0.6) is 0 Å². The van der Waals surface area contributed by atoms with Crippen LogP contribution >= 0.6 is 11.6 Å². The highest BCUT2D eigenvalue weighted by molar-refractivity contribution is 6.30. The Hall–Kier alpha value is -2.31. The van der Waals surface area contributed by atoms with Crippen LogP contribution in [0, 0.1) is 10.1 Å². The van der Waals surface area contributed by atoms with Gasteiger partial charge in [0.05, 0.1) is 10.6 Å². The highest BCUT2D eigenvalue weighted by atomic mass is 35.5. The molecule has 1 atom stereocenters. The van der Waals surface area contributed by atoms with E-state index in [4.69, 9.17) is 17.4 Å². The number of hydrogen-bond acceptors (Lipinski definition) is 5. The first-order valence-corrected chi connectivity index (χ1v) is 6.65. The Balaban J connectivity index is 2.23. The number of rotatable bonds is 5. The second-order valence-electron chi connectivity index (χ2n) is 4.59. The van der Waals surface area contributed by atoms with Crippen molar-refractivity contribution in [1.29, 1.82) is 0 Å². The molecule has 7 heteroatoms. The van der Waals surface area contributed by atoms with Gasteiger partial charge in [-0.3, -0.25) is 16.0 Å². The molecule has 0 aliphatic carbocycles. The smallest absolute Gasteiger partial charge is 0.273 e. The number of nitrogen functional groups attached to an aromatic ring is 1. The van der Waals surface area contributed by atoms with E-state index in [9.17, 15) is 10.1 Å². The minimum absolute atomic E-state index is 0.0312. The van der Waals surface area contributed by atoms with Gasteiger partial charge in [0.2, 0.25) is 0 Å². The molecule has 0 aromatic heterocycles. The molecule has 0 aliphatic rings. The first-order chi connectivity index (χ1) is 9.99. The Morgan fingerprint density at radius 1 is 1.19 bits per heavy atom. The number of nitro benzene ring substituents is 1. The summed E-state index contributed by atoms with van der Waals surface area (Å²) in [6.07, 6.45) is 0. The van der Waals surface area contributed by atoms with Gasteiger partial charge in [0, 0.05) is 28.9 Å². The van der Waals surface area contributed by atoms with Crippen LogP contribution in [0.3, 0.4) is 0 Å². The summed E-state index contributed by atoms with van der Waals surface area (Å²) in [5.41, 5.74) is 4.49. The van der Waals surface area contributed by atoms with Gasteiger partial charge in [0.15, 0.2) is 0 Å². The minimum atomic E-state index is -0.459. The molecule has 0 aliphatic heterocycles. The van der Waals surface area contributed by atoms with Crippen LogP contribution in [0.1, 0.15) is 18.5 Å². The molecule has 0 heterocycles. The van der Waals surface area contributed by atoms with Crippen LogP contribution in [0.2, 0.25) is 5.02 Å². The quantitative estimate of drug-likeness (QED) is 0.445. The van der Waals surface area contributed by atoms with Gasteiger partial charge in [-0.15, -0.1) is 0 Å². The highest BCUT2D eigenvalue weighted by Crippen LogP contribution is 2.27. The number of nitrogens with two attached hydrogens (primary N) is 1. The van der Waals surface area contributed by atoms with Gasteiger partial charge < -0.3 is 10.7 Å². The predicted molar refractivity (Wildman–Crippen MR) is 84.4 cm³/mol. The van der Waals surface area contributed by atoms with Gasteiger partial charge in [0.25, 0.3) is 5.69 Å². The fourth-order valence-corrected chi connectivity index (χ4v) is 2.09. The molecule has 0 radical (unpaired) electrons. The van der Waals surface area contributed by atoms with Crippen molar-refractivity contribution < 1.29 is 4.92 Å². The zero-order valence-electron chi connectivity index (χ0n) is 11.3. The molecule has 0 saturated carbocycles. The van der Waals surface area contributed by atoms with E-state index in [0.717, 1.165) is 5.56 Å². The summed E-state index contributed by atoms with van der Waals surface area (Å²) in [4.78, 5) is 10.4. The number of nitrogens with zero attached hydrogens (tertiary/aromatic N) is 1. The topological polar surface area (TPSA) is 93.2 Å². The third-order valence-corrected chi connectivity index (χ3v) is 3.30. The normalized spacial score (nSPS) is 11.8. The summed E-state index contributed by atoms with van der Waals surface area (Å²) < 4.78 is 0. The Morgan fingerprint density at radius 2 is 1.81 bits per heavy atom. The number of nitro groups is 1. The SMILES string of the molecule is CC(Nc1cc(NN)cc([N+](=O)[O-])c1)c1ccc(Cl)cc1. The molecule has 0 fully saturated rings. The summed E-state index contributed by atoms with van der Waals surface area (Å²) in [6, 6.07) is 11.9. The number of hydrazine groups is 1. The molecule has 1 unspecified atom stereocenters. The van der Waals surface area contributed by atoms with Crippen LogP contribution in [0.15, 0.2) is 42.5 Å². The van der Waals surface area contributed by atoms with Crippen LogP contribution in [-0.2, 0) is 0 Å². The molecule has 2 aromatic rings. The fraction of sp³-hybridized carbons (Fsp3) is 0.143. The van der Waals surface area contributed by atoms with Crippen molar-refractivity contribution in [2.45, 2.75) is 13.0 Å². The Morgan fingerprint density at radius 3 is 2.38 bits per heavy atom. The molecular weight excluding hydrogens is 292 g/mol. The lowest BCUT2D eigenvalue weighted by molar-refractivity contribution is -0.384. The largest absolute Gasteiger partial charge is 0.378 e. The standard InChI is InChI=1S/C14H15ClN4O2/c1-9(10-2-4-11(15)5-3-10)17-12-6-13(18-16)8-14(7-12)19(20)21/h2-9,17-18H,16H2,1H3. The van der Waals surface area contributed by atoms with E-state index in [0.29, 0.717) is 16.4 Å². The summed E-state index contributed by atoms with van der Waals surface area (Å²) in [6.45, 7) is 1.96. The number of nitrogens with one attached hydrogen (secondary N) is 2. The monoisotopic (exact) mass is 306 g/mol. The van der Waals surface area contributed by atoms with E-state index < -0.39 is 4.92 Å². The maximum Gasteiger partial charge on any atom is 0.273 e. The van der Waals surface area contributed by atoms with Crippen LogP contribution in [0.4, 0.5) is 17.1 Å². The van der Waals surface area contributed by atoms with Crippen LogP contribution < -0.4 is 16.6 Å². The van der Waals surface area contributed by atoms with Gasteiger partial charge >= 0.3 is 0 Å². The van der Waals surface area contributed by atoms with Gasteiger partial charge in [-0.1, -0.05) is 23.7 Å². The zero-order valence-corrected chi connectivity index (χ0v) is 12.1. The van der Waals surface area contributed by atoms with E-state index in [1.165, 1.54) is 12.1 Å². The molecule has 0 spiro atoms. The zero-order chi connectivity index (χ0) is 15.4. The van der Waals surface area contributed by atoms with Crippen molar-refractivity contribution in [3.63, 3.8) is 0 Å². The van der Waals surface area contributed by atoms with E-state index in [-0.39, 0.29) is 11.7 Å². The van der Waals surface area contributed by atoms with Crippen molar-refractivity contribution in [2.75, 3.05) is 10.7 Å². The lowest BCUT2D eigenvalue weighted by Crippen LogP contribution is -2.10. The molecule has 2 aromatic carbocycles. The lowest BCUT2D eigenvalue weighted by Gasteiger charge is -2.16. The number of anilines is 2. The maximum atomic E-state index is 10.9. The Labute approximate surface area is 127 Å². The molecule has 110 valence electrons. The predicted octanol–water partition coefficient (Wildman–Crippen LogP) is 3.71. The van der Waals surface area contributed by atoms with Crippen molar-refractivity contribution >= 4 is 28.7 Å². The molecule has 0 amide bonds. The molecular formula is C14H15ClN4O2. The van der Waals surface area contributed by atoms with Gasteiger partial charge in [-0.2, -0.15) is 0 Å². The van der Waals surface area contributed by atoms with E-state index >= 15 is 0 Å². The van der Waals surface area contributed by atoms with Gasteiger partial charge in [-0.25, -0.2) is 0 Å². The Kier molecular flexibility index (Phi) is 4.62. The second kappa shape index (κ2) is 6.43. The molecule has 2 rings (SSSR count). The van der Waals surface area contributed by atoms with Gasteiger partial charge in [-0.05, 0) is 30.7 Å². The van der Waals surface area contributed by atoms with Crippen LogP contribution in [0.25, 0.3) is 0 Å². The molecule has 0 bridgehead atoms. The highest BCUT2D eigenvalue weighted by Gasteiger charge is 2.12. The third kappa shape index (κ3) is 3.84. The number of halogens is 1. The molecule has 4 N–H and O–H groups in total. The number of benzene rings is 2. The Bertz CT molecular complexity index is 646. The van der Waals surface area contributed by atoms with Gasteiger partial charge in [0.1, 0.15) is 0 Å². The molecule has 21 heavy (non-hydrogen) atoms. The first kappa shape index (κ1) is 15.1. The van der Waals surface area contributed by atoms with Crippen molar-refractivity contribution in [3.05, 3.63) is 63.2 Å².